The van der Waals surface area contributed by atoms with Gasteiger partial charge in [0.1, 0.15) is 11.8 Å². The van der Waals surface area contributed by atoms with E-state index >= 15 is 0 Å². The molecule has 1 atom stereocenters. The van der Waals surface area contributed by atoms with E-state index in [0.29, 0.717) is 12.4 Å². The van der Waals surface area contributed by atoms with Crippen LogP contribution in [0.5, 0.6) is 5.75 Å². The van der Waals surface area contributed by atoms with E-state index in [0.717, 1.165) is 15.6 Å². The fraction of sp³-hybridized carbons (Fsp3) is 0.333. The number of benzene rings is 2. The minimum absolute atomic E-state index is 0.106. The van der Waals surface area contributed by atoms with E-state index in [1.165, 1.54) is 18.3 Å². The van der Waals surface area contributed by atoms with Gasteiger partial charge in [-0.05, 0) is 71.6 Å². The van der Waals surface area contributed by atoms with Crippen LogP contribution in [0.2, 0.25) is 0 Å². The second kappa shape index (κ2) is 10.7. The number of carbonyl (C=O) groups excluding carboxylic acids is 1. The van der Waals surface area contributed by atoms with Gasteiger partial charge in [0.25, 0.3) is 5.91 Å². The van der Waals surface area contributed by atoms with Crippen molar-refractivity contribution in [3.05, 3.63) is 58.1 Å². The summed E-state index contributed by atoms with van der Waals surface area (Å²) in [5.41, 5.74) is 4.10. The maximum Gasteiger partial charge on any atom is 0.258 e. The molecule has 2 aromatic rings. The first-order valence-corrected chi connectivity index (χ1v) is 11.8. The topological polar surface area (TPSA) is 96.9 Å². The van der Waals surface area contributed by atoms with Gasteiger partial charge in [-0.15, -0.1) is 0 Å². The summed E-state index contributed by atoms with van der Waals surface area (Å²) in [6, 6.07) is 10.9. The molecule has 2 N–H and O–H groups in total. The number of halogens is 1. The lowest BCUT2D eigenvalue weighted by Gasteiger charge is -2.20. The number of aryl methyl sites for hydroxylation is 1. The van der Waals surface area contributed by atoms with Gasteiger partial charge >= 0.3 is 0 Å². The maximum absolute atomic E-state index is 12.6. The largest absolute Gasteiger partial charge is 0.493 e. The molecular weight excluding hydrogens is 470 g/mol. The van der Waals surface area contributed by atoms with E-state index < -0.39 is 22.0 Å². The predicted octanol–water partition coefficient (Wildman–Crippen LogP) is 3.61. The first kappa shape index (κ1) is 24.0. The van der Waals surface area contributed by atoms with E-state index in [9.17, 15) is 13.2 Å². The molecule has 0 aromatic heterocycles. The van der Waals surface area contributed by atoms with Crippen molar-refractivity contribution in [2.24, 2.45) is 11.0 Å². The molecule has 0 saturated carbocycles. The van der Waals surface area contributed by atoms with Crippen molar-refractivity contribution in [1.29, 1.82) is 0 Å². The smallest absolute Gasteiger partial charge is 0.258 e. The molecule has 1 amide bonds. The van der Waals surface area contributed by atoms with Gasteiger partial charge in [0.05, 0.1) is 22.2 Å². The molecule has 0 radical (unpaired) electrons. The molecule has 30 heavy (non-hydrogen) atoms. The fourth-order valence-electron chi connectivity index (χ4n) is 2.55. The quantitative estimate of drug-likeness (QED) is 0.410. The Kier molecular flexibility index (Phi) is 8.57. The summed E-state index contributed by atoms with van der Waals surface area (Å²) in [5.74, 6) is -0.106. The van der Waals surface area contributed by atoms with Crippen molar-refractivity contribution < 1.29 is 17.9 Å². The maximum atomic E-state index is 12.6. The fourth-order valence-corrected chi connectivity index (χ4v) is 4.41. The zero-order valence-electron chi connectivity index (χ0n) is 17.3. The van der Waals surface area contributed by atoms with Gasteiger partial charge in [-0.25, -0.2) is 13.8 Å². The Morgan fingerprint density at radius 1 is 1.20 bits per heavy atom. The van der Waals surface area contributed by atoms with E-state index in [4.69, 9.17) is 4.74 Å². The molecule has 2 aromatic carbocycles. The normalized spacial score (nSPS) is 12.9. The third-order valence-electron chi connectivity index (χ3n) is 4.21. The average molecular weight is 496 g/mol. The molecule has 0 fully saturated rings. The molecule has 0 spiro atoms. The van der Waals surface area contributed by atoms with Gasteiger partial charge in [0.2, 0.25) is 10.0 Å². The summed E-state index contributed by atoms with van der Waals surface area (Å²) >= 11 is 3.42. The number of nitrogens with one attached hydrogen (secondary N) is 2. The summed E-state index contributed by atoms with van der Waals surface area (Å²) in [6.07, 6.45) is 1.48. The molecule has 0 aliphatic heterocycles. The Labute approximate surface area is 186 Å². The molecule has 162 valence electrons. The van der Waals surface area contributed by atoms with Crippen molar-refractivity contribution in [1.82, 2.24) is 10.1 Å². The Morgan fingerprint density at radius 3 is 2.43 bits per heavy atom. The van der Waals surface area contributed by atoms with Gasteiger partial charge in [-0.3, -0.25) is 4.79 Å². The van der Waals surface area contributed by atoms with E-state index in [-0.39, 0.29) is 10.8 Å². The number of ether oxygens (including phenoxy) is 1. The van der Waals surface area contributed by atoms with Crippen LogP contribution >= 0.6 is 15.9 Å². The molecule has 0 unspecified atom stereocenters. The van der Waals surface area contributed by atoms with Gasteiger partial charge in [-0.1, -0.05) is 31.5 Å². The van der Waals surface area contributed by atoms with E-state index in [1.54, 1.807) is 44.2 Å². The molecule has 0 saturated heterocycles. The summed E-state index contributed by atoms with van der Waals surface area (Å²) in [6.45, 7) is 7.84. The molecule has 9 heteroatoms. The number of amides is 1. The number of hydrogen-bond donors (Lipinski definition) is 2. The summed E-state index contributed by atoms with van der Waals surface area (Å²) in [4.78, 5) is 12.7. The van der Waals surface area contributed by atoms with Crippen LogP contribution in [0.3, 0.4) is 0 Å². The Bertz CT molecular complexity index is 1010. The first-order valence-electron chi connectivity index (χ1n) is 9.48. The van der Waals surface area contributed by atoms with Gasteiger partial charge in [0, 0.05) is 0 Å². The zero-order valence-corrected chi connectivity index (χ0v) is 19.7. The molecule has 0 aliphatic carbocycles. The van der Waals surface area contributed by atoms with Crippen molar-refractivity contribution in [2.45, 2.75) is 38.6 Å². The van der Waals surface area contributed by atoms with Crippen LogP contribution in [0.1, 0.15) is 31.9 Å². The molecule has 2 rings (SSSR count). The van der Waals surface area contributed by atoms with Crippen molar-refractivity contribution >= 4 is 38.1 Å². The highest BCUT2D eigenvalue weighted by molar-refractivity contribution is 9.10. The molecule has 0 bridgehead atoms. The van der Waals surface area contributed by atoms with Crippen molar-refractivity contribution in [3.63, 3.8) is 0 Å². The molecule has 0 heterocycles. The monoisotopic (exact) mass is 495 g/mol. The van der Waals surface area contributed by atoms with Gasteiger partial charge in [0.15, 0.2) is 0 Å². The van der Waals surface area contributed by atoms with Crippen molar-refractivity contribution in [2.75, 3.05) is 6.61 Å². The van der Waals surface area contributed by atoms with Crippen LogP contribution in [0.15, 0.2) is 56.9 Å². The zero-order chi connectivity index (χ0) is 22.3. The lowest BCUT2D eigenvalue weighted by Crippen LogP contribution is -2.48. The second-order valence-electron chi connectivity index (χ2n) is 7.01. The molecular formula is C21H26BrN3O4S. The third kappa shape index (κ3) is 6.65. The second-order valence-corrected chi connectivity index (χ2v) is 9.58. The lowest BCUT2D eigenvalue weighted by molar-refractivity contribution is -0.123. The minimum atomic E-state index is -3.84. The lowest BCUT2D eigenvalue weighted by atomic mass is 10.1. The SMILES string of the molecule is CCOc1ccc(/C=N\NC(=O)[C@@H](NS(=O)(=O)c2ccc(C)cc2)C(C)C)cc1Br. The standard InChI is InChI=1S/C21H26BrN3O4S/c1-5-29-19-11-8-16(12-18(19)22)13-23-24-21(26)20(14(2)3)25-30(27,28)17-9-6-15(4)7-10-17/h6-14,20,25H,5H2,1-4H3,(H,24,26)/b23-13-/t20-/m0/s1. The average Bonchev–Trinajstić information content (AvgIpc) is 2.68. The highest BCUT2D eigenvalue weighted by Gasteiger charge is 2.28. The van der Waals surface area contributed by atoms with Crippen LogP contribution in [0.4, 0.5) is 0 Å². The van der Waals surface area contributed by atoms with Crippen LogP contribution in [0.25, 0.3) is 0 Å². The Hall–Kier alpha value is -2.23. The number of hydrazone groups is 1. The van der Waals surface area contributed by atoms with Crippen molar-refractivity contribution in [3.8, 4) is 5.75 Å². The van der Waals surface area contributed by atoms with E-state index in [1.807, 2.05) is 13.8 Å². The first-order chi connectivity index (χ1) is 14.1. The van der Waals surface area contributed by atoms with Crippen LogP contribution in [-0.4, -0.2) is 33.2 Å². The number of carbonyl (C=O) groups is 1. The predicted molar refractivity (Wildman–Crippen MR) is 121 cm³/mol. The molecule has 0 aliphatic rings. The van der Waals surface area contributed by atoms with Crippen LogP contribution in [-0.2, 0) is 14.8 Å². The Balaban J connectivity index is 2.07. The minimum Gasteiger partial charge on any atom is -0.493 e. The summed E-state index contributed by atoms with van der Waals surface area (Å²) in [7, 11) is -3.84. The third-order valence-corrected chi connectivity index (χ3v) is 6.28. The van der Waals surface area contributed by atoms with Gasteiger partial charge < -0.3 is 4.74 Å². The number of hydrogen-bond acceptors (Lipinski definition) is 5. The van der Waals surface area contributed by atoms with E-state index in [2.05, 4.69) is 31.2 Å². The Morgan fingerprint density at radius 2 is 1.87 bits per heavy atom. The number of rotatable bonds is 9. The highest BCUT2D eigenvalue weighted by Crippen LogP contribution is 2.25. The summed E-state index contributed by atoms with van der Waals surface area (Å²) in [5, 5.41) is 3.95. The molecule has 7 nitrogen and oxygen atoms in total. The number of sulfonamides is 1. The highest BCUT2D eigenvalue weighted by atomic mass is 79.9. The van der Waals surface area contributed by atoms with Crippen LogP contribution in [0, 0.1) is 12.8 Å². The summed E-state index contributed by atoms with van der Waals surface area (Å²) < 4.78 is 34.0. The van der Waals surface area contributed by atoms with Gasteiger partial charge in [-0.2, -0.15) is 9.82 Å². The van der Waals surface area contributed by atoms with Crippen LogP contribution < -0.4 is 14.9 Å². The number of nitrogens with zero attached hydrogens (tertiary/aromatic N) is 1.